The molecule has 0 unspecified atom stereocenters. The molecule has 0 radical (unpaired) electrons. The third kappa shape index (κ3) is 5.31. The second-order valence-electron chi connectivity index (χ2n) is 5.73. The molecule has 6 N–H and O–H groups in total. The second kappa shape index (κ2) is 8.00. The SMILES string of the molecule is Nc1cc(Nc2nc(Cl)nc(Nc3ccc(S(=O)(=O)O)cc3)n2)ccc1S(=O)(=O)O. The van der Waals surface area contributed by atoms with Crippen LogP contribution < -0.4 is 16.4 Å². The highest BCUT2D eigenvalue weighted by atomic mass is 35.5. The zero-order chi connectivity index (χ0) is 22.1. The molecule has 0 spiro atoms. The van der Waals surface area contributed by atoms with Crippen LogP contribution in [0.5, 0.6) is 0 Å². The summed E-state index contributed by atoms with van der Waals surface area (Å²) in [4.78, 5) is 11.1. The molecule has 0 atom stereocenters. The number of nitrogens with two attached hydrogens (primary N) is 1. The fraction of sp³-hybridized carbons (Fsp3) is 0. The minimum atomic E-state index is -4.46. The lowest BCUT2D eigenvalue weighted by atomic mass is 10.3. The van der Waals surface area contributed by atoms with Crippen molar-refractivity contribution in [2.75, 3.05) is 16.4 Å². The lowest BCUT2D eigenvalue weighted by Gasteiger charge is -2.10. The van der Waals surface area contributed by atoms with Gasteiger partial charge in [-0.3, -0.25) is 9.11 Å². The van der Waals surface area contributed by atoms with Gasteiger partial charge in [0.25, 0.3) is 20.2 Å². The van der Waals surface area contributed by atoms with Crippen LogP contribution in [0.25, 0.3) is 0 Å². The van der Waals surface area contributed by atoms with Gasteiger partial charge in [0.15, 0.2) is 0 Å². The van der Waals surface area contributed by atoms with Crippen LogP contribution in [0.15, 0.2) is 52.3 Å². The molecule has 158 valence electrons. The number of aromatic nitrogens is 3. The van der Waals surface area contributed by atoms with Gasteiger partial charge in [-0.1, -0.05) is 0 Å². The van der Waals surface area contributed by atoms with Gasteiger partial charge in [0.2, 0.25) is 17.2 Å². The third-order valence-corrected chi connectivity index (χ3v) is 5.52. The number of nitrogens with one attached hydrogen (secondary N) is 2. The van der Waals surface area contributed by atoms with Gasteiger partial charge in [-0.05, 0) is 54.1 Å². The van der Waals surface area contributed by atoms with Crippen molar-refractivity contribution in [2.24, 2.45) is 0 Å². The Morgan fingerprint density at radius 1 is 0.800 bits per heavy atom. The van der Waals surface area contributed by atoms with Crippen LogP contribution in [0, 0.1) is 0 Å². The van der Waals surface area contributed by atoms with Crippen LogP contribution in [0.4, 0.5) is 29.0 Å². The molecule has 0 saturated heterocycles. The minimum Gasteiger partial charge on any atom is -0.398 e. The largest absolute Gasteiger partial charge is 0.398 e. The van der Waals surface area contributed by atoms with Crippen LogP contribution in [0.3, 0.4) is 0 Å². The lowest BCUT2D eigenvalue weighted by molar-refractivity contribution is 0.481. The zero-order valence-corrected chi connectivity index (χ0v) is 17.1. The van der Waals surface area contributed by atoms with Crippen LogP contribution in [-0.2, 0) is 20.2 Å². The van der Waals surface area contributed by atoms with E-state index in [2.05, 4.69) is 25.6 Å². The predicted octanol–water partition coefficient (Wildman–Crippen LogP) is 2.09. The molecular weight excluding hydrogens is 460 g/mol. The standard InChI is InChI=1S/C15H13ClN6O6S2/c16-13-20-14(18-8-1-4-10(5-2-8)29(23,24)25)22-15(21-13)19-9-3-6-12(11(17)7-9)30(26,27)28/h1-7H,17H2,(H,23,24,25)(H,26,27,28)(H2,18,19,20,21,22). The van der Waals surface area contributed by atoms with Gasteiger partial charge in [-0.2, -0.15) is 31.8 Å². The quantitative estimate of drug-likeness (QED) is 0.259. The van der Waals surface area contributed by atoms with E-state index < -0.39 is 25.1 Å². The van der Waals surface area contributed by atoms with E-state index in [-0.39, 0.29) is 27.8 Å². The van der Waals surface area contributed by atoms with E-state index in [9.17, 15) is 16.8 Å². The van der Waals surface area contributed by atoms with Crippen molar-refractivity contribution in [3.8, 4) is 0 Å². The average Bonchev–Trinajstić information content (AvgIpc) is 2.60. The van der Waals surface area contributed by atoms with E-state index in [1.54, 1.807) is 0 Å². The number of anilines is 5. The molecule has 0 bridgehead atoms. The van der Waals surface area contributed by atoms with Crippen molar-refractivity contribution in [3.63, 3.8) is 0 Å². The summed E-state index contributed by atoms with van der Waals surface area (Å²) in [6.07, 6.45) is 0. The number of halogens is 1. The monoisotopic (exact) mass is 472 g/mol. The molecule has 2 aromatic carbocycles. The number of rotatable bonds is 6. The van der Waals surface area contributed by atoms with Gasteiger partial charge < -0.3 is 16.4 Å². The summed E-state index contributed by atoms with van der Waals surface area (Å²) in [6.45, 7) is 0. The first kappa shape index (κ1) is 21.7. The van der Waals surface area contributed by atoms with Crippen LogP contribution in [-0.4, -0.2) is 40.9 Å². The Morgan fingerprint density at radius 3 is 1.83 bits per heavy atom. The van der Waals surface area contributed by atoms with Crippen LogP contribution >= 0.6 is 11.6 Å². The summed E-state index contributed by atoms with van der Waals surface area (Å²) in [5.41, 5.74) is 6.15. The van der Waals surface area contributed by atoms with E-state index in [0.29, 0.717) is 11.4 Å². The topological polar surface area (TPSA) is 197 Å². The number of hydrogen-bond acceptors (Lipinski definition) is 10. The normalized spacial score (nSPS) is 11.8. The van der Waals surface area contributed by atoms with Crippen LogP contribution in [0.1, 0.15) is 0 Å². The molecule has 0 aliphatic carbocycles. The van der Waals surface area contributed by atoms with Crippen molar-refractivity contribution in [2.45, 2.75) is 9.79 Å². The molecule has 15 heteroatoms. The van der Waals surface area contributed by atoms with Gasteiger partial charge in [-0.25, -0.2) is 0 Å². The Kier molecular flexibility index (Phi) is 5.78. The van der Waals surface area contributed by atoms with E-state index >= 15 is 0 Å². The molecule has 3 aromatic rings. The molecule has 1 heterocycles. The maximum Gasteiger partial charge on any atom is 0.296 e. The molecule has 3 rings (SSSR count). The Labute approximate surface area is 175 Å². The van der Waals surface area contributed by atoms with E-state index in [1.165, 1.54) is 36.4 Å². The van der Waals surface area contributed by atoms with Crippen molar-refractivity contribution >= 4 is 60.8 Å². The average molecular weight is 473 g/mol. The smallest absolute Gasteiger partial charge is 0.296 e. The molecular formula is C15H13ClN6O6S2. The minimum absolute atomic E-state index is 0.00828. The molecule has 0 aliphatic rings. The first-order valence-electron chi connectivity index (χ1n) is 7.82. The Balaban J connectivity index is 1.83. The predicted molar refractivity (Wildman–Crippen MR) is 108 cm³/mol. The van der Waals surface area contributed by atoms with E-state index in [4.69, 9.17) is 26.4 Å². The summed E-state index contributed by atoms with van der Waals surface area (Å²) >= 11 is 5.89. The van der Waals surface area contributed by atoms with E-state index in [0.717, 1.165) is 6.07 Å². The van der Waals surface area contributed by atoms with Crippen molar-refractivity contribution in [1.29, 1.82) is 0 Å². The summed E-state index contributed by atoms with van der Waals surface area (Å²) < 4.78 is 62.7. The fourth-order valence-corrected chi connectivity index (χ4v) is 3.53. The molecule has 0 amide bonds. The first-order valence-corrected chi connectivity index (χ1v) is 11.1. The Hall–Kier alpha value is -3.04. The number of nitrogens with zero attached hydrogens (tertiary/aromatic N) is 3. The number of hydrogen-bond donors (Lipinski definition) is 5. The maximum atomic E-state index is 11.2. The van der Waals surface area contributed by atoms with Crippen LogP contribution in [0.2, 0.25) is 5.28 Å². The second-order valence-corrected chi connectivity index (χ2v) is 8.88. The van der Waals surface area contributed by atoms with Gasteiger partial charge in [0.1, 0.15) is 4.90 Å². The number of nitrogen functional groups attached to an aromatic ring is 1. The van der Waals surface area contributed by atoms with Gasteiger partial charge in [0.05, 0.1) is 10.6 Å². The van der Waals surface area contributed by atoms with Crippen molar-refractivity contribution in [3.05, 3.63) is 47.7 Å². The Bertz CT molecular complexity index is 1320. The lowest BCUT2D eigenvalue weighted by Crippen LogP contribution is -2.06. The first-order chi connectivity index (χ1) is 13.9. The number of benzene rings is 2. The van der Waals surface area contributed by atoms with Gasteiger partial charge in [-0.15, -0.1) is 0 Å². The fourth-order valence-electron chi connectivity index (χ4n) is 2.29. The highest BCUT2D eigenvalue weighted by Gasteiger charge is 2.15. The summed E-state index contributed by atoms with van der Waals surface area (Å²) in [5.74, 6) is 0.00527. The molecule has 12 nitrogen and oxygen atoms in total. The van der Waals surface area contributed by atoms with Crippen molar-refractivity contribution < 1.29 is 25.9 Å². The molecule has 0 saturated carbocycles. The Morgan fingerprint density at radius 2 is 1.33 bits per heavy atom. The van der Waals surface area contributed by atoms with E-state index in [1.807, 2.05) is 0 Å². The van der Waals surface area contributed by atoms with Crippen molar-refractivity contribution in [1.82, 2.24) is 15.0 Å². The highest BCUT2D eigenvalue weighted by Crippen LogP contribution is 2.25. The molecule has 0 aliphatic heterocycles. The molecule has 0 fully saturated rings. The molecule has 1 aromatic heterocycles. The van der Waals surface area contributed by atoms with Gasteiger partial charge in [0, 0.05) is 11.4 Å². The summed E-state index contributed by atoms with van der Waals surface area (Å²) in [5, 5.41) is 5.38. The summed E-state index contributed by atoms with van der Waals surface area (Å²) in [7, 11) is -8.78. The summed E-state index contributed by atoms with van der Waals surface area (Å²) in [6, 6.07) is 8.80. The zero-order valence-electron chi connectivity index (χ0n) is 14.7. The third-order valence-electron chi connectivity index (χ3n) is 3.56. The van der Waals surface area contributed by atoms with Gasteiger partial charge >= 0.3 is 0 Å². The maximum absolute atomic E-state index is 11.2. The molecule has 30 heavy (non-hydrogen) atoms. The highest BCUT2D eigenvalue weighted by molar-refractivity contribution is 7.86.